The fourth-order valence-corrected chi connectivity index (χ4v) is 2.39. The number of anilines is 1. The number of carbonyl (C=O) groups excluding carboxylic acids is 2. The number of aromatic nitrogens is 2. The van der Waals surface area contributed by atoms with Gasteiger partial charge in [0.15, 0.2) is 0 Å². The van der Waals surface area contributed by atoms with Gasteiger partial charge in [0.25, 0.3) is 11.8 Å². The van der Waals surface area contributed by atoms with Crippen LogP contribution in [-0.4, -0.2) is 34.5 Å². The number of nitrogens with zero attached hydrogens (tertiary/aromatic N) is 2. The average Bonchev–Trinajstić information content (AvgIpc) is 2.93. The number of hydrogen-bond donors (Lipinski definition) is 3. The van der Waals surface area contributed by atoms with Crippen LogP contribution in [0.5, 0.6) is 0 Å². The molecule has 4 N–H and O–H groups in total. The first-order valence-electron chi connectivity index (χ1n) is 6.41. The molecule has 0 saturated heterocycles. The zero-order chi connectivity index (χ0) is 16.1. The van der Waals surface area contributed by atoms with E-state index in [1.54, 1.807) is 19.1 Å². The van der Waals surface area contributed by atoms with Crippen molar-refractivity contribution in [3.8, 4) is 0 Å². The molecule has 0 bridgehead atoms. The standard InChI is InChI=1S/C13H14ClN5O2S/c1-7-11(22-19-18-7)13(21)17-10-6-8(2-3-9(10)14)12(20)16-5-4-15/h2-3,6H,4-5,15H2,1H3,(H,16,20)(H,17,21). The smallest absolute Gasteiger partial charge is 0.269 e. The maximum absolute atomic E-state index is 12.1. The molecule has 0 aliphatic carbocycles. The Bertz CT molecular complexity index is 703. The topological polar surface area (TPSA) is 110 Å². The Morgan fingerprint density at radius 3 is 2.77 bits per heavy atom. The number of aryl methyl sites for hydroxylation is 1. The zero-order valence-corrected chi connectivity index (χ0v) is 13.3. The van der Waals surface area contributed by atoms with Gasteiger partial charge in [-0.3, -0.25) is 9.59 Å². The predicted octanol–water partition coefficient (Wildman–Crippen LogP) is 1.44. The molecular formula is C13H14ClN5O2S. The molecule has 2 aromatic rings. The van der Waals surface area contributed by atoms with E-state index in [1.165, 1.54) is 6.07 Å². The Morgan fingerprint density at radius 2 is 2.14 bits per heavy atom. The minimum absolute atomic E-state index is 0.284. The number of amides is 2. The molecule has 9 heteroatoms. The van der Waals surface area contributed by atoms with Crippen LogP contribution < -0.4 is 16.4 Å². The highest BCUT2D eigenvalue weighted by Gasteiger charge is 2.16. The summed E-state index contributed by atoms with van der Waals surface area (Å²) in [6.45, 7) is 2.41. The van der Waals surface area contributed by atoms with Crippen LogP contribution in [0.4, 0.5) is 5.69 Å². The number of hydrogen-bond acceptors (Lipinski definition) is 6. The third-order valence-corrected chi connectivity index (χ3v) is 3.92. The number of nitrogens with one attached hydrogen (secondary N) is 2. The van der Waals surface area contributed by atoms with Crippen molar-refractivity contribution in [1.29, 1.82) is 0 Å². The molecular weight excluding hydrogens is 326 g/mol. The third-order valence-electron chi connectivity index (χ3n) is 2.76. The van der Waals surface area contributed by atoms with Gasteiger partial charge in [0, 0.05) is 18.7 Å². The Hall–Kier alpha value is -2.03. The van der Waals surface area contributed by atoms with Gasteiger partial charge < -0.3 is 16.4 Å². The van der Waals surface area contributed by atoms with Crippen molar-refractivity contribution in [2.75, 3.05) is 18.4 Å². The first-order valence-corrected chi connectivity index (χ1v) is 7.56. The molecule has 1 aromatic carbocycles. The number of carbonyl (C=O) groups is 2. The van der Waals surface area contributed by atoms with E-state index in [0.29, 0.717) is 39.9 Å². The van der Waals surface area contributed by atoms with Crippen LogP contribution in [-0.2, 0) is 0 Å². The lowest BCUT2D eigenvalue weighted by molar-refractivity contribution is 0.0953. The van der Waals surface area contributed by atoms with Gasteiger partial charge in [-0.05, 0) is 36.7 Å². The van der Waals surface area contributed by atoms with Crippen LogP contribution in [0.3, 0.4) is 0 Å². The molecule has 2 amide bonds. The van der Waals surface area contributed by atoms with E-state index in [1.807, 2.05) is 0 Å². The van der Waals surface area contributed by atoms with Crippen molar-refractivity contribution in [2.24, 2.45) is 5.73 Å². The molecule has 1 heterocycles. The van der Waals surface area contributed by atoms with E-state index >= 15 is 0 Å². The summed E-state index contributed by atoms with van der Waals surface area (Å²) in [6, 6.07) is 4.63. The van der Waals surface area contributed by atoms with Crippen LogP contribution in [0.25, 0.3) is 0 Å². The van der Waals surface area contributed by atoms with Gasteiger partial charge >= 0.3 is 0 Å². The normalized spacial score (nSPS) is 10.3. The molecule has 7 nitrogen and oxygen atoms in total. The van der Waals surface area contributed by atoms with E-state index in [4.69, 9.17) is 17.3 Å². The molecule has 0 atom stereocenters. The summed E-state index contributed by atoms with van der Waals surface area (Å²) in [5.74, 6) is -0.651. The average molecular weight is 340 g/mol. The summed E-state index contributed by atoms with van der Waals surface area (Å²) in [6.07, 6.45) is 0. The molecule has 0 aliphatic rings. The van der Waals surface area contributed by atoms with E-state index in [2.05, 4.69) is 20.2 Å². The zero-order valence-electron chi connectivity index (χ0n) is 11.7. The summed E-state index contributed by atoms with van der Waals surface area (Å²) < 4.78 is 3.71. The Balaban J connectivity index is 2.18. The highest BCUT2D eigenvalue weighted by Crippen LogP contribution is 2.24. The molecule has 0 spiro atoms. The van der Waals surface area contributed by atoms with Crippen LogP contribution in [0.1, 0.15) is 25.7 Å². The van der Waals surface area contributed by atoms with Crippen molar-refractivity contribution in [2.45, 2.75) is 6.92 Å². The van der Waals surface area contributed by atoms with E-state index < -0.39 is 0 Å². The van der Waals surface area contributed by atoms with Crippen LogP contribution >= 0.6 is 23.1 Å². The molecule has 0 unspecified atom stereocenters. The first-order chi connectivity index (χ1) is 10.5. The summed E-state index contributed by atoms with van der Waals surface area (Å²) in [7, 11) is 0. The fraction of sp³-hybridized carbons (Fsp3) is 0.231. The van der Waals surface area contributed by atoms with Crippen molar-refractivity contribution < 1.29 is 9.59 Å². The molecule has 1 aromatic heterocycles. The lowest BCUT2D eigenvalue weighted by Gasteiger charge is -2.09. The van der Waals surface area contributed by atoms with Crippen molar-refractivity contribution >= 4 is 40.6 Å². The third kappa shape index (κ3) is 3.79. The Labute approximate surface area is 136 Å². The minimum Gasteiger partial charge on any atom is -0.351 e. The number of rotatable bonds is 5. The lowest BCUT2D eigenvalue weighted by Crippen LogP contribution is -2.29. The van der Waals surface area contributed by atoms with Gasteiger partial charge in [-0.15, -0.1) is 5.10 Å². The van der Waals surface area contributed by atoms with Gasteiger partial charge in [0.1, 0.15) is 4.88 Å². The molecule has 0 aliphatic heterocycles. The molecule has 2 rings (SSSR count). The van der Waals surface area contributed by atoms with Crippen molar-refractivity contribution in [1.82, 2.24) is 14.9 Å². The SMILES string of the molecule is Cc1nnsc1C(=O)Nc1cc(C(=O)NCCN)ccc1Cl. The molecule has 116 valence electrons. The maximum atomic E-state index is 12.1. The van der Waals surface area contributed by atoms with Crippen LogP contribution in [0.15, 0.2) is 18.2 Å². The van der Waals surface area contributed by atoms with Crippen molar-refractivity contribution in [3.63, 3.8) is 0 Å². The van der Waals surface area contributed by atoms with E-state index in [9.17, 15) is 9.59 Å². The Morgan fingerprint density at radius 1 is 1.36 bits per heavy atom. The highest BCUT2D eigenvalue weighted by molar-refractivity contribution is 7.08. The fourth-order valence-electron chi connectivity index (χ4n) is 1.67. The van der Waals surface area contributed by atoms with Gasteiger partial charge in [-0.2, -0.15) is 0 Å². The molecule has 0 saturated carbocycles. The van der Waals surface area contributed by atoms with Gasteiger partial charge in [0.05, 0.1) is 16.4 Å². The summed E-state index contributed by atoms with van der Waals surface area (Å²) in [5, 5.41) is 9.42. The second-order valence-electron chi connectivity index (χ2n) is 4.38. The Kier molecular flexibility index (Phi) is 5.42. The van der Waals surface area contributed by atoms with Gasteiger partial charge in [-0.25, -0.2) is 0 Å². The monoisotopic (exact) mass is 339 g/mol. The second kappa shape index (κ2) is 7.30. The predicted molar refractivity (Wildman–Crippen MR) is 85.4 cm³/mol. The van der Waals surface area contributed by atoms with E-state index in [0.717, 1.165) is 11.5 Å². The molecule has 22 heavy (non-hydrogen) atoms. The number of benzene rings is 1. The van der Waals surface area contributed by atoms with Crippen LogP contribution in [0.2, 0.25) is 5.02 Å². The second-order valence-corrected chi connectivity index (χ2v) is 5.54. The minimum atomic E-state index is -0.367. The quantitative estimate of drug-likeness (QED) is 0.763. The van der Waals surface area contributed by atoms with Gasteiger partial charge in [-0.1, -0.05) is 16.1 Å². The van der Waals surface area contributed by atoms with E-state index in [-0.39, 0.29) is 11.8 Å². The van der Waals surface area contributed by atoms with Crippen molar-refractivity contribution in [3.05, 3.63) is 39.4 Å². The van der Waals surface area contributed by atoms with Crippen LogP contribution in [0, 0.1) is 6.92 Å². The highest BCUT2D eigenvalue weighted by atomic mass is 35.5. The van der Waals surface area contributed by atoms with Gasteiger partial charge in [0.2, 0.25) is 0 Å². The maximum Gasteiger partial charge on any atom is 0.269 e. The first kappa shape index (κ1) is 16.3. The lowest BCUT2D eigenvalue weighted by atomic mass is 10.2. The largest absolute Gasteiger partial charge is 0.351 e. The summed E-state index contributed by atoms with van der Waals surface area (Å²) in [4.78, 5) is 24.4. The summed E-state index contributed by atoms with van der Waals surface area (Å²) >= 11 is 7.05. The summed E-state index contributed by atoms with van der Waals surface area (Å²) in [5.41, 5.74) is 6.61. The number of halogens is 1. The molecule has 0 radical (unpaired) electrons. The molecule has 0 fully saturated rings. The number of nitrogens with two attached hydrogens (primary N) is 1.